The van der Waals surface area contributed by atoms with Crippen LogP contribution in [0, 0.1) is 0 Å². The van der Waals surface area contributed by atoms with Crippen LogP contribution in [0.15, 0.2) is 0 Å². The second kappa shape index (κ2) is 6.93. The molecule has 1 amide bonds. The largest absolute Gasteiger partial charge is 0.383 e. The number of methoxy groups -OCH3 is 1. The lowest BCUT2D eigenvalue weighted by atomic mass is 10.1. The molecule has 1 saturated heterocycles. The van der Waals surface area contributed by atoms with Gasteiger partial charge in [-0.15, -0.1) is 0 Å². The van der Waals surface area contributed by atoms with Crippen LogP contribution >= 0.6 is 0 Å². The third kappa shape index (κ3) is 4.61. The predicted molar refractivity (Wildman–Crippen MR) is 68.0 cm³/mol. The van der Waals surface area contributed by atoms with Gasteiger partial charge in [-0.05, 0) is 20.8 Å². The molecule has 5 nitrogen and oxygen atoms in total. The summed E-state index contributed by atoms with van der Waals surface area (Å²) in [6.07, 6.45) is 0. The van der Waals surface area contributed by atoms with Crippen LogP contribution in [0.1, 0.15) is 20.8 Å². The predicted octanol–water partition coefficient (Wildman–Crippen LogP) is -0.180. The topological polar surface area (TPSA) is 53.6 Å². The van der Waals surface area contributed by atoms with Gasteiger partial charge in [0.05, 0.1) is 12.6 Å². The molecule has 1 rings (SSSR count). The standard InChI is InChI=1S/C12H25N3O2/c1-9-7-15(8-10(2)14-9)11(3)12(16)13-5-6-17-4/h9-11,14H,5-8H2,1-4H3,(H,13,16). The zero-order valence-electron chi connectivity index (χ0n) is 11.3. The van der Waals surface area contributed by atoms with Crippen molar-refractivity contribution in [2.24, 2.45) is 0 Å². The molecule has 3 atom stereocenters. The lowest BCUT2D eigenvalue weighted by Gasteiger charge is -2.39. The SMILES string of the molecule is COCCNC(=O)C(C)N1CC(C)NC(C)C1. The Hall–Kier alpha value is -0.650. The molecule has 100 valence electrons. The minimum atomic E-state index is -0.0705. The number of ether oxygens (including phenoxy) is 1. The van der Waals surface area contributed by atoms with Crippen molar-refractivity contribution in [1.82, 2.24) is 15.5 Å². The fourth-order valence-corrected chi connectivity index (χ4v) is 2.28. The van der Waals surface area contributed by atoms with Gasteiger partial charge in [-0.1, -0.05) is 0 Å². The van der Waals surface area contributed by atoms with Gasteiger partial charge in [0.2, 0.25) is 5.91 Å². The van der Waals surface area contributed by atoms with Crippen molar-refractivity contribution in [2.45, 2.75) is 38.9 Å². The molecule has 0 aliphatic carbocycles. The van der Waals surface area contributed by atoms with Gasteiger partial charge in [-0.25, -0.2) is 0 Å². The van der Waals surface area contributed by atoms with E-state index in [0.29, 0.717) is 25.2 Å². The van der Waals surface area contributed by atoms with Crippen LogP contribution in [-0.2, 0) is 9.53 Å². The van der Waals surface area contributed by atoms with E-state index in [1.807, 2.05) is 6.92 Å². The second-order valence-corrected chi connectivity index (χ2v) is 4.88. The zero-order valence-corrected chi connectivity index (χ0v) is 11.3. The highest BCUT2D eigenvalue weighted by atomic mass is 16.5. The summed E-state index contributed by atoms with van der Waals surface area (Å²) in [4.78, 5) is 14.1. The van der Waals surface area contributed by atoms with E-state index in [2.05, 4.69) is 29.4 Å². The Labute approximate surface area is 104 Å². The monoisotopic (exact) mass is 243 g/mol. The molecule has 0 aromatic carbocycles. The van der Waals surface area contributed by atoms with E-state index in [4.69, 9.17) is 4.74 Å². The molecule has 5 heteroatoms. The van der Waals surface area contributed by atoms with Gasteiger partial charge in [0.15, 0.2) is 0 Å². The van der Waals surface area contributed by atoms with Crippen LogP contribution in [0.5, 0.6) is 0 Å². The van der Waals surface area contributed by atoms with Crippen molar-refractivity contribution >= 4 is 5.91 Å². The van der Waals surface area contributed by atoms with E-state index in [-0.39, 0.29) is 11.9 Å². The van der Waals surface area contributed by atoms with E-state index in [1.54, 1.807) is 7.11 Å². The molecule has 1 aliphatic heterocycles. The lowest BCUT2D eigenvalue weighted by molar-refractivity contribution is -0.126. The number of piperazine rings is 1. The molecule has 1 aliphatic rings. The van der Waals surface area contributed by atoms with Crippen molar-refractivity contribution < 1.29 is 9.53 Å². The van der Waals surface area contributed by atoms with E-state index in [1.165, 1.54) is 0 Å². The van der Waals surface area contributed by atoms with E-state index < -0.39 is 0 Å². The third-order valence-corrected chi connectivity index (χ3v) is 3.12. The van der Waals surface area contributed by atoms with E-state index >= 15 is 0 Å². The molecule has 0 spiro atoms. The normalized spacial score (nSPS) is 27.8. The van der Waals surface area contributed by atoms with Crippen molar-refractivity contribution in [1.29, 1.82) is 0 Å². The van der Waals surface area contributed by atoms with Crippen molar-refractivity contribution in [3.63, 3.8) is 0 Å². The van der Waals surface area contributed by atoms with Gasteiger partial charge >= 0.3 is 0 Å². The van der Waals surface area contributed by atoms with Crippen LogP contribution < -0.4 is 10.6 Å². The molecular weight excluding hydrogens is 218 g/mol. The van der Waals surface area contributed by atoms with Gasteiger partial charge in [0, 0.05) is 38.8 Å². The first-order chi connectivity index (χ1) is 8.04. The summed E-state index contributed by atoms with van der Waals surface area (Å²) in [5, 5.41) is 6.35. The molecule has 3 unspecified atom stereocenters. The van der Waals surface area contributed by atoms with Crippen LogP contribution in [0.4, 0.5) is 0 Å². The molecule has 0 bridgehead atoms. The maximum absolute atomic E-state index is 11.9. The van der Waals surface area contributed by atoms with Gasteiger partial charge in [0.25, 0.3) is 0 Å². The molecule has 0 aromatic rings. The van der Waals surface area contributed by atoms with Crippen LogP contribution in [0.25, 0.3) is 0 Å². The summed E-state index contributed by atoms with van der Waals surface area (Å²) in [5.41, 5.74) is 0. The lowest BCUT2D eigenvalue weighted by Crippen LogP contribution is -2.59. The molecule has 0 aromatic heterocycles. The van der Waals surface area contributed by atoms with Crippen LogP contribution in [0.2, 0.25) is 0 Å². The Balaban J connectivity index is 2.39. The minimum Gasteiger partial charge on any atom is -0.383 e. The number of hydrogen-bond acceptors (Lipinski definition) is 4. The Morgan fingerprint density at radius 2 is 2.06 bits per heavy atom. The molecular formula is C12H25N3O2. The summed E-state index contributed by atoms with van der Waals surface area (Å²) in [6, 6.07) is 0.805. The number of rotatable bonds is 5. The third-order valence-electron chi connectivity index (χ3n) is 3.12. The Morgan fingerprint density at radius 3 is 2.59 bits per heavy atom. The molecule has 2 N–H and O–H groups in total. The van der Waals surface area contributed by atoms with E-state index in [0.717, 1.165) is 13.1 Å². The average molecular weight is 243 g/mol. The molecule has 0 radical (unpaired) electrons. The number of carbonyl (C=O) groups is 1. The van der Waals surface area contributed by atoms with Gasteiger partial charge in [0.1, 0.15) is 0 Å². The molecule has 1 fully saturated rings. The number of nitrogens with zero attached hydrogens (tertiary/aromatic N) is 1. The maximum Gasteiger partial charge on any atom is 0.237 e. The maximum atomic E-state index is 11.9. The number of carbonyl (C=O) groups excluding carboxylic acids is 1. The number of hydrogen-bond donors (Lipinski definition) is 2. The van der Waals surface area contributed by atoms with E-state index in [9.17, 15) is 4.79 Å². The van der Waals surface area contributed by atoms with Crippen molar-refractivity contribution in [3.05, 3.63) is 0 Å². The summed E-state index contributed by atoms with van der Waals surface area (Å²) >= 11 is 0. The zero-order chi connectivity index (χ0) is 12.8. The highest BCUT2D eigenvalue weighted by Gasteiger charge is 2.27. The second-order valence-electron chi connectivity index (χ2n) is 4.88. The van der Waals surface area contributed by atoms with Gasteiger partial charge in [-0.3, -0.25) is 9.69 Å². The Morgan fingerprint density at radius 1 is 1.47 bits per heavy atom. The first-order valence-electron chi connectivity index (χ1n) is 6.31. The Kier molecular flexibility index (Phi) is 5.88. The minimum absolute atomic E-state index is 0.0705. The Bertz CT molecular complexity index is 238. The summed E-state index contributed by atoms with van der Waals surface area (Å²) in [7, 11) is 1.63. The highest BCUT2D eigenvalue weighted by molar-refractivity contribution is 5.81. The van der Waals surface area contributed by atoms with Crippen LogP contribution in [0.3, 0.4) is 0 Å². The quantitative estimate of drug-likeness (QED) is 0.658. The first kappa shape index (κ1) is 14.4. The average Bonchev–Trinajstić information content (AvgIpc) is 2.27. The number of amides is 1. The fraction of sp³-hybridized carbons (Fsp3) is 0.917. The highest BCUT2D eigenvalue weighted by Crippen LogP contribution is 2.08. The van der Waals surface area contributed by atoms with Crippen molar-refractivity contribution in [3.8, 4) is 0 Å². The first-order valence-corrected chi connectivity index (χ1v) is 6.31. The fourth-order valence-electron chi connectivity index (χ4n) is 2.28. The van der Waals surface area contributed by atoms with Crippen LogP contribution in [-0.4, -0.2) is 62.3 Å². The molecule has 0 saturated carbocycles. The smallest absolute Gasteiger partial charge is 0.237 e. The summed E-state index contributed by atoms with van der Waals surface area (Å²) in [5.74, 6) is 0.0864. The number of nitrogens with one attached hydrogen (secondary N) is 2. The molecule has 17 heavy (non-hydrogen) atoms. The summed E-state index contributed by atoms with van der Waals surface area (Å²) in [6.45, 7) is 9.25. The van der Waals surface area contributed by atoms with Gasteiger partial charge < -0.3 is 15.4 Å². The molecule has 1 heterocycles. The summed E-state index contributed by atoms with van der Waals surface area (Å²) < 4.78 is 4.91. The van der Waals surface area contributed by atoms with Gasteiger partial charge in [-0.2, -0.15) is 0 Å². The van der Waals surface area contributed by atoms with Crippen molar-refractivity contribution in [2.75, 3.05) is 33.4 Å².